The summed E-state index contributed by atoms with van der Waals surface area (Å²) in [6, 6.07) is 10.1. The number of amides is 1. The van der Waals surface area contributed by atoms with Gasteiger partial charge in [-0.25, -0.2) is 8.42 Å². The zero-order chi connectivity index (χ0) is 24.3. The summed E-state index contributed by atoms with van der Waals surface area (Å²) in [5, 5.41) is 6.68. The van der Waals surface area contributed by atoms with Crippen molar-refractivity contribution < 1.29 is 26.9 Å². The Labute approximate surface area is 197 Å². The van der Waals surface area contributed by atoms with E-state index in [0.29, 0.717) is 29.9 Å². The van der Waals surface area contributed by atoms with Crippen molar-refractivity contribution in [1.82, 2.24) is 9.46 Å². The lowest BCUT2D eigenvalue weighted by Gasteiger charge is -2.30. The number of furan rings is 1. The van der Waals surface area contributed by atoms with Crippen LogP contribution in [0.5, 0.6) is 0 Å². The number of rotatable bonds is 7. The molecule has 1 amide bonds. The highest BCUT2D eigenvalue weighted by Crippen LogP contribution is 2.29. The number of piperidine rings is 1. The molecule has 0 atom stereocenters. The van der Waals surface area contributed by atoms with Gasteiger partial charge in [0.25, 0.3) is 0 Å². The second-order valence-corrected chi connectivity index (χ2v) is 9.99. The number of ketones is 1. The molecule has 0 spiro atoms. The Balaban J connectivity index is 1.41. The number of aryl methyl sites for hydroxylation is 1. The van der Waals surface area contributed by atoms with Crippen LogP contribution >= 0.6 is 0 Å². The van der Waals surface area contributed by atoms with Gasteiger partial charge in [-0.05, 0) is 75.2 Å². The van der Waals surface area contributed by atoms with Crippen LogP contribution in [-0.4, -0.2) is 42.7 Å². The van der Waals surface area contributed by atoms with Crippen molar-refractivity contribution in [1.29, 1.82) is 0 Å². The summed E-state index contributed by atoms with van der Waals surface area (Å²) in [6.45, 7) is 3.47. The van der Waals surface area contributed by atoms with E-state index in [-0.39, 0.29) is 47.0 Å². The number of carbonyl (C=O) groups is 2. The minimum absolute atomic E-state index is 0.0174. The molecule has 2 aromatic heterocycles. The fourth-order valence-corrected chi connectivity index (χ4v) is 5.58. The molecule has 0 radical (unpaired) electrons. The second-order valence-electron chi connectivity index (χ2n) is 8.11. The maximum atomic E-state index is 13.3. The number of nitrogens with one attached hydrogen (secondary N) is 1. The molecular weight excluding hydrogens is 458 g/mol. The first kappa shape index (κ1) is 23.7. The number of sulfonamides is 1. The zero-order valence-corrected chi connectivity index (χ0v) is 19.7. The summed E-state index contributed by atoms with van der Waals surface area (Å²) in [7, 11) is -3.86. The van der Waals surface area contributed by atoms with Crippen molar-refractivity contribution >= 4 is 39.6 Å². The van der Waals surface area contributed by atoms with Crippen LogP contribution < -0.4 is 5.32 Å². The molecule has 10 heteroatoms. The largest absolute Gasteiger partial charge is 0.465 e. The summed E-state index contributed by atoms with van der Waals surface area (Å²) < 4.78 is 38.5. The van der Waals surface area contributed by atoms with Gasteiger partial charge in [-0.2, -0.15) is 4.31 Å². The van der Waals surface area contributed by atoms with Gasteiger partial charge < -0.3 is 14.3 Å². The van der Waals surface area contributed by atoms with Crippen LogP contribution in [-0.2, 0) is 14.8 Å². The molecule has 0 aliphatic carbocycles. The topological polar surface area (TPSA) is 123 Å². The van der Waals surface area contributed by atoms with Crippen molar-refractivity contribution in [3.8, 4) is 0 Å². The van der Waals surface area contributed by atoms with Gasteiger partial charge in [0.1, 0.15) is 11.5 Å². The number of hydrogen-bond acceptors (Lipinski definition) is 7. The first-order valence-corrected chi connectivity index (χ1v) is 12.3. The molecule has 3 heterocycles. The van der Waals surface area contributed by atoms with Gasteiger partial charge in [-0.3, -0.25) is 9.59 Å². The first-order chi connectivity index (χ1) is 16.3. The molecule has 34 heavy (non-hydrogen) atoms. The van der Waals surface area contributed by atoms with Gasteiger partial charge in [0, 0.05) is 30.3 Å². The molecule has 178 valence electrons. The zero-order valence-electron chi connectivity index (χ0n) is 18.9. The van der Waals surface area contributed by atoms with Crippen LogP contribution in [0.3, 0.4) is 0 Å². The molecule has 9 nitrogen and oxygen atoms in total. The van der Waals surface area contributed by atoms with Crippen molar-refractivity contribution in [2.45, 2.75) is 31.6 Å². The lowest BCUT2D eigenvalue weighted by Crippen LogP contribution is -2.41. The van der Waals surface area contributed by atoms with Gasteiger partial charge >= 0.3 is 0 Å². The summed E-state index contributed by atoms with van der Waals surface area (Å²) in [5.41, 5.74) is 1.44. The lowest BCUT2D eigenvalue weighted by atomic mass is 9.97. The van der Waals surface area contributed by atoms with E-state index in [4.69, 9.17) is 8.94 Å². The van der Waals surface area contributed by atoms with E-state index < -0.39 is 10.0 Å². The molecule has 1 saturated heterocycles. The van der Waals surface area contributed by atoms with Crippen LogP contribution in [0.25, 0.3) is 12.2 Å². The van der Waals surface area contributed by atoms with Crippen molar-refractivity contribution in [2.24, 2.45) is 5.92 Å². The highest BCUT2D eigenvalue weighted by molar-refractivity contribution is 7.89. The van der Waals surface area contributed by atoms with Gasteiger partial charge in [-0.1, -0.05) is 5.16 Å². The molecule has 1 aliphatic heterocycles. The molecule has 1 N–H and O–H groups in total. The quantitative estimate of drug-likeness (QED) is 0.504. The second kappa shape index (κ2) is 9.78. The Kier molecular flexibility index (Phi) is 6.80. The van der Waals surface area contributed by atoms with Crippen LogP contribution in [0.4, 0.5) is 5.69 Å². The predicted octanol–water partition coefficient (Wildman–Crippen LogP) is 3.99. The Bertz CT molecular complexity index is 1300. The van der Waals surface area contributed by atoms with Crippen molar-refractivity contribution in [3.63, 3.8) is 0 Å². The fourth-order valence-electron chi connectivity index (χ4n) is 3.86. The molecule has 1 aromatic carbocycles. The van der Waals surface area contributed by atoms with Crippen molar-refractivity contribution in [2.75, 3.05) is 18.4 Å². The average molecular weight is 484 g/mol. The van der Waals surface area contributed by atoms with E-state index in [0.717, 1.165) is 0 Å². The van der Waals surface area contributed by atoms with Crippen LogP contribution in [0.2, 0.25) is 0 Å². The number of carbonyl (C=O) groups excluding carboxylic acids is 2. The van der Waals surface area contributed by atoms with E-state index in [9.17, 15) is 18.0 Å². The van der Waals surface area contributed by atoms with Gasteiger partial charge in [0.15, 0.2) is 16.4 Å². The third-order valence-corrected chi connectivity index (χ3v) is 7.81. The molecule has 4 rings (SSSR count). The maximum Gasteiger partial charge on any atom is 0.248 e. The molecular formula is C24H25N3O6S. The first-order valence-electron chi connectivity index (χ1n) is 10.9. The van der Waals surface area contributed by atoms with Gasteiger partial charge in [0.2, 0.25) is 15.9 Å². The minimum atomic E-state index is -3.86. The molecule has 0 unspecified atom stereocenters. The number of Topliss-reactive ketones (excluding diaryl/α,β-unsaturated/α-hetero) is 1. The van der Waals surface area contributed by atoms with E-state index in [1.54, 1.807) is 49.4 Å². The highest BCUT2D eigenvalue weighted by atomic mass is 32.2. The molecule has 0 saturated carbocycles. The van der Waals surface area contributed by atoms with Crippen molar-refractivity contribution in [3.05, 3.63) is 65.4 Å². The molecule has 1 fully saturated rings. The van der Waals surface area contributed by atoms with E-state index in [1.807, 2.05) is 0 Å². The maximum absolute atomic E-state index is 13.3. The number of nitrogens with zero attached hydrogens (tertiary/aromatic N) is 2. The predicted molar refractivity (Wildman–Crippen MR) is 125 cm³/mol. The SMILES string of the molecule is CC(=O)c1ccc(NC(=O)C2CCN(S(=O)(=O)c3c(C)noc3/C=C/c3ccco3)CC2)cc1. The van der Waals surface area contributed by atoms with Crippen LogP contribution in [0, 0.1) is 12.8 Å². The Hall–Kier alpha value is -3.50. The van der Waals surface area contributed by atoms with Gasteiger partial charge in [-0.15, -0.1) is 0 Å². The van der Waals surface area contributed by atoms with Crippen LogP contribution in [0.15, 0.2) is 56.5 Å². The van der Waals surface area contributed by atoms with E-state index >= 15 is 0 Å². The fraction of sp³-hybridized carbons (Fsp3) is 0.292. The standard InChI is InChI=1S/C24H25N3O6S/c1-16-23(22(33-26-16)10-9-21-4-3-15-32-21)34(30,31)27-13-11-19(12-14-27)24(29)25-20-7-5-18(6-8-20)17(2)28/h3-10,15,19H,11-14H2,1-2H3,(H,25,29)/b10-9+. The number of hydrogen-bond donors (Lipinski definition) is 1. The van der Waals surface area contributed by atoms with Gasteiger partial charge in [0.05, 0.1) is 6.26 Å². The smallest absolute Gasteiger partial charge is 0.248 e. The Morgan fingerprint density at radius 3 is 2.44 bits per heavy atom. The Morgan fingerprint density at radius 1 is 1.12 bits per heavy atom. The van der Waals surface area contributed by atoms with E-state index in [2.05, 4.69) is 10.5 Å². The summed E-state index contributed by atoms with van der Waals surface area (Å²) in [4.78, 5) is 24.1. The minimum Gasteiger partial charge on any atom is -0.465 e. The normalized spacial score (nSPS) is 15.6. The third kappa shape index (κ3) is 5.02. The molecule has 3 aromatic rings. The third-order valence-electron chi connectivity index (χ3n) is 5.76. The Morgan fingerprint density at radius 2 is 1.82 bits per heavy atom. The average Bonchev–Trinajstić information content (AvgIpc) is 3.47. The summed E-state index contributed by atoms with van der Waals surface area (Å²) in [5.74, 6) is 0.147. The number of aromatic nitrogens is 1. The molecule has 1 aliphatic rings. The number of anilines is 1. The molecule has 0 bridgehead atoms. The summed E-state index contributed by atoms with van der Waals surface area (Å²) in [6.07, 6.45) is 5.42. The highest BCUT2D eigenvalue weighted by Gasteiger charge is 2.36. The lowest BCUT2D eigenvalue weighted by molar-refractivity contribution is -0.120. The summed E-state index contributed by atoms with van der Waals surface area (Å²) >= 11 is 0. The monoisotopic (exact) mass is 483 g/mol. The number of benzene rings is 1. The van der Waals surface area contributed by atoms with Crippen LogP contribution in [0.1, 0.15) is 47.3 Å². The van der Waals surface area contributed by atoms with E-state index in [1.165, 1.54) is 23.6 Å².